The van der Waals surface area contributed by atoms with Crippen molar-refractivity contribution in [3.05, 3.63) is 16.1 Å². The largest absolute Gasteiger partial charge is 0.393 e. The van der Waals surface area contributed by atoms with Crippen LogP contribution in [0, 0.1) is 5.92 Å². The van der Waals surface area contributed by atoms with Crippen LogP contribution in [0.5, 0.6) is 0 Å². The lowest BCUT2D eigenvalue weighted by Gasteiger charge is -2.28. The fourth-order valence-corrected chi connectivity index (χ4v) is 3.06. The average molecular weight is 268 g/mol. The van der Waals surface area contributed by atoms with Crippen molar-refractivity contribution in [2.24, 2.45) is 5.92 Å². The van der Waals surface area contributed by atoms with Crippen molar-refractivity contribution < 1.29 is 5.11 Å². The molecule has 1 aromatic heterocycles. The Morgan fingerprint density at radius 1 is 1.44 bits per heavy atom. The number of aromatic nitrogens is 1. The van der Waals surface area contributed by atoms with E-state index >= 15 is 0 Å². The minimum absolute atomic E-state index is 0.0849. The van der Waals surface area contributed by atoms with E-state index < -0.39 is 0 Å². The molecule has 1 aliphatic heterocycles. The van der Waals surface area contributed by atoms with Gasteiger partial charge in [-0.2, -0.15) is 0 Å². The number of piperidine rings is 1. The fourth-order valence-electron chi connectivity index (χ4n) is 2.26. The van der Waals surface area contributed by atoms with Crippen LogP contribution in [-0.2, 0) is 13.0 Å². The maximum Gasteiger partial charge on any atom is 0.0928 e. The third-order valence-corrected chi connectivity index (χ3v) is 4.43. The van der Waals surface area contributed by atoms with Crippen LogP contribution in [-0.4, -0.2) is 34.2 Å². The van der Waals surface area contributed by atoms with Crippen LogP contribution in [0.15, 0.2) is 5.38 Å². The Hall–Kier alpha value is -0.450. The van der Waals surface area contributed by atoms with Gasteiger partial charge in [0.15, 0.2) is 0 Å². The molecule has 1 aliphatic rings. The standard InChI is InChI=1S/C14H24N2OS/c1-11(2)3-4-14-15-12(10-18-14)9-16-7-5-13(17)6-8-16/h10-11,13,17H,3-9H2,1-2H3. The van der Waals surface area contributed by atoms with Crippen molar-refractivity contribution in [2.75, 3.05) is 13.1 Å². The molecule has 0 atom stereocenters. The van der Waals surface area contributed by atoms with Gasteiger partial charge in [0.1, 0.15) is 0 Å². The molecule has 2 rings (SSSR count). The van der Waals surface area contributed by atoms with Crippen molar-refractivity contribution in [1.82, 2.24) is 9.88 Å². The maximum absolute atomic E-state index is 9.48. The van der Waals surface area contributed by atoms with Crippen molar-refractivity contribution in [3.8, 4) is 0 Å². The predicted molar refractivity (Wildman–Crippen MR) is 75.8 cm³/mol. The van der Waals surface area contributed by atoms with Crippen molar-refractivity contribution in [3.63, 3.8) is 0 Å². The van der Waals surface area contributed by atoms with Gasteiger partial charge in [0.25, 0.3) is 0 Å². The molecular weight excluding hydrogens is 244 g/mol. The quantitative estimate of drug-likeness (QED) is 0.892. The number of hydrogen-bond acceptors (Lipinski definition) is 4. The minimum atomic E-state index is -0.0849. The summed E-state index contributed by atoms with van der Waals surface area (Å²) in [4.78, 5) is 7.11. The summed E-state index contributed by atoms with van der Waals surface area (Å²) in [5, 5.41) is 12.9. The Balaban J connectivity index is 1.79. The molecule has 1 saturated heterocycles. The molecule has 4 heteroatoms. The third-order valence-electron chi connectivity index (χ3n) is 3.48. The Morgan fingerprint density at radius 2 is 2.17 bits per heavy atom. The lowest BCUT2D eigenvalue weighted by Crippen LogP contribution is -2.35. The Bertz CT molecular complexity index is 356. The normalized spacial score (nSPS) is 18.7. The monoisotopic (exact) mass is 268 g/mol. The van der Waals surface area contributed by atoms with Gasteiger partial charge in [-0.15, -0.1) is 11.3 Å². The molecule has 0 aliphatic carbocycles. The van der Waals surface area contributed by atoms with Crippen molar-refractivity contribution in [1.29, 1.82) is 0 Å². The summed E-state index contributed by atoms with van der Waals surface area (Å²) < 4.78 is 0. The molecule has 1 aromatic rings. The topological polar surface area (TPSA) is 36.4 Å². The molecule has 0 saturated carbocycles. The number of aliphatic hydroxyl groups excluding tert-OH is 1. The average Bonchev–Trinajstić information content (AvgIpc) is 2.77. The number of hydrogen-bond donors (Lipinski definition) is 1. The first-order chi connectivity index (χ1) is 8.63. The lowest BCUT2D eigenvalue weighted by atomic mass is 10.1. The molecule has 0 bridgehead atoms. The van der Waals surface area contributed by atoms with Gasteiger partial charge in [0, 0.05) is 25.0 Å². The Labute approximate surface area is 114 Å². The van der Waals surface area contributed by atoms with Crippen LogP contribution < -0.4 is 0 Å². The van der Waals surface area contributed by atoms with Gasteiger partial charge in [0.2, 0.25) is 0 Å². The van der Waals surface area contributed by atoms with E-state index in [4.69, 9.17) is 4.98 Å². The van der Waals surface area contributed by atoms with Crippen LogP contribution in [0.25, 0.3) is 0 Å². The van der Waals surface area contributed by atoms with E-state index in [1.807, 2.05) is 0 Å². The maximum atomic E-state index is 9.48. The third kappa shape index (κ3) is 4.34. The van der Waals surface area contributed by atoms with Gasteiger partial charge in [-0.1, -0.05) is 13.8 Å². The second-order valence-corrected chi connectivity index (χ2v) is 6.62. The number of aliphatic hydroxyl groups is 1. The van der Waals surface area contributed by atoms with Gasteiger partial charge >= 0.3 is 0 Å². The summed E-state index contributed by atoms with van der Waals surface area (Å²) in [6, 6.07) is 0. The highest BCUT2D eigenvalue weighted by Gasteiger charge is 2.17. The first-order valence-electron chi connectivity index (χ1n) is 6.97. The number of aryl methyl sites for hydroxylation is 1. The summed E-state index contributed by atoms with van der Waals surface area (Å²) in [7, 11) is 0. The first kappa shape index (κ1) is 14.0. The zero-order valence-electron chi connectivity index (χ0n) is 11.4. The second-order valence-electron chi connectivity index (χ2n) is 5.67. The molecule has 0 amide bonds. The smallest absolute Gasteiger partial charge is 0.0928 e. The van der Waals surface area contributed by atoms with Crippen LogP contribution in [0.4, 0.5) is 0 Å². The minimum Gasteiger partial charge on any atom is -0.393 e. The van der Waals surface area contributed by atoms with E-state index in [9.17, 15) is 5.11 Å². The van der Waals surface area contributed by atoms with Gasteiger partial charge in [0.05, 0.1) is 16.8 Å². The molecule has 0 spiro atoms. The number of likely N-dealkylation sites (tertiary alicyclic amines) is 1. The molecule has 1 fully saturated rings. The molecule has 2 heterocycles. The summed E-state index contributed by atoms with van der Waals surface area (Å²) in [5.74, 6) is 0.751. The van der Waals surface area contributed by atoms with E-state index in [-0.39, 0.29) is 6.10 Å². The second kappa shape index (κ2) is 6.64. The van der Waals surface area contributed by atoms with Gasteiger partial charge in [-0.3, -0.25) is 4.90 Å². The van der Waals surface area contributed by atoms with Crippen molar-refractivity contribution >= 4 is 11.3 Å². The van der Waals surface area contributed by atoms with E-state index in [1.165, 1.54) is 17.1 Å². The Morgan fingerprint density at radius 3 is 2.83 bits per heavy atom. The van der Waals surface area contributed by atoms with Gasteiger partial charge in [-0.25, -0.2) is 4.98 Å². The molecule has 0 radical (unpaired) electrons. The summed E-state index contributed by atoms with van der Waals surface area (Å²) in [6.07, 6.45) is 4.07. The summed E-state index contributed by atoms with van der Waals surface area (Å²) >= 11 is 1.79. The highest BCUT2D eigenvalue weighted by molar-refractivity contribution is 7.09. The highest BCUT2D eigenvalue weighted by atomic mass is 32.1. The molecule has 102 valence electrons. The first-order valence-corrected chi connectivity index (χ1v) is 7.85. The van der Waals surface area contributed by atoms with Crippen LogP contribution in [0.1, 0.15) is 43.8 Å². The van der Waals surface area contributed by atoms with E-state index in [0.29, 0.717) is 0 Å². The van der Waals surface area contributed by atoms with Crippen LogP contribution >= 0.6 is 11.3 Å². The lowest BCUT2D eigenvalue weighted by molar-refractivity contribution is 0.0787. The highest BCUT2D eigenvalue weighted by Crippen LogP contribution is 2.18. The summed E-state index contributed by atoms with van der Waals surface area (Å²) in [6.45, 7) is 7.46. The molecule has 1 N–H and O–H groups in total. The SMILES string of the molecule is CC(C)CCc1nc(CN2CCC(O)CC2)cs1. The molecule has 18 heavy (non-hydrogen) atoms. The van der Waals surface area contributed by atoms with Crippen LogP contribution in [0.3, 0.4) is 0 Å². The molecule has 0 unspecified atom stereocenters. The van der Waals surface area contributed by atoms with E-state index in [1.54, 1.807) is 11.3 Å². The van der Waals surface area contributed by atoms with Crippen LogP contribution in [0.2, 0.25) is 0 Å². The number of thiazole rings is 1. The zero-order valence-corrected chi connectivity index (χ0v) is 12.2. The molecular formula is C14H24N2OS. The summed E-state index contributed by atoms with van der Waals surface area (Å²) in [5.41, 5.74) is 1.20. The Kier molecular flexibility index (Phi) is 5.15. The van der Waals surface area contributed by atoms with E-state index in [0.717, 1.165) is 44.8 Å². The molecule has 0 aromatic carbocycles. The van der Waals surface area contributed by atoms with Gasteiger partial charge in [-0.05, 0) is 31.6 Å². The predicted octanol–water partition coefficient (Wildman–Crippen LogP) is 2.69. The van der Waals surface area contributed by atoms with E-state index in [2.05, 4.69) is 24.1 Å². The fraction of sp³-hybridized carbons (Fsp3) is 0.786. The number of rotatable bonds is 5. The zero-order chi connectivity index (χ0) is 13.0. The van der Waals surface area contributed by atoms with Crippen molar-refractivity contribution in [2.45, 2.75) is 52.2 Å². The van der Waals surface area contributed by atoms with Gasteiger partial charge < -0.3 is 5.11 Å². The number of nitrogens with zero attached hydrogens (tertiary/aromatic N) is 2. The molecule has 3 nitrogen and oxygen atoms in total.